The minimum atomic E-state index is 0.635. The van der Waals surface area contributed by atoms with Crippen molar-refractivity contribution in [2.24, 2.45) is 0 Å². The maximum atomic E-state index is 4.99. The fourth-order valence-corrected chi connectivity index (χ4v) is 9.18. The van der Waals surface area contributed by atoms with E-state index >= 15 is 0 Å². The standard InChI is InChI=1S/C57H37N5/c1-4-17-39(18-5-1)55-58-56(40-19-6-2-7-20-40)60-57(59-55)41-35-33-38(34-36-41)46-28-15-29-48-47-25-10-12-30-50(47)62(54(46)48)44-24-14-21-42(37-44)45-27-16-32-52-53(45)49-26-11-13-31-51(49)61(52)43-22-8-3-9-23-43/h1-37H. The van der Waals surface area contributed by atoms with Crippen molar-refractivity contribution in [3.63, 3.8) is 0 Å². The van der Waals surface area contributed by atoms with E-state index in [2.05, 4.69) is 173 Å². The molecule has 62 heavy (non-hydrogen) atoms. The van der Waals surface area contributed by atoms with Gasteiger partial charge in [0.2, 0.25) is 0 Å². The number of hydrogen-bond acceptors (Lipinski definition) is 3. The van der Waals surface area contributed by atoms with E-state index in [0.717, 1.165) is 50.2 Å². The monoisotopic (exact) mass is 791 g/mol. The Morgan fingerprint density at radius 2 is 0.726 bits per heavy atom. The number of fused-ring (bicyclic) bond motifs is 6. The Hall–Kier alpha value is -8.41. The summed E-state index contributed by atoms with van der Waals surface area (Å²) in [4.78, 5) is 14.9. The van der Waals surface area contributed by atoms with Gasteiger partial charge in [-0.3, -0.25) is 0 Å². The molecule has 0 aliphatic carbocycles. The maximum Gasteiger partial charge on any atom is 0.164 e. The lowest BCUT2D eigenvalue weighted by atomic mass is 9.98. The van der Waals surface area contributed by atoms with Gasteiger partial charge in [0.1, 0.15) is 0 Å². The first-order valence-corrected chi connectivity index (χ1v) is 21.0. The summed E-state index contributed by atoms with van der Waals surface area (Å²) in [6, 6.07) is 79.4. The van der Waals surface area contributed by atoms with Crippen molar-refractivity contribution >= 4 is 43.6 Å². The van der Waals surface area contributed by atoms with E-state index < -0.39 is 0 Å². The Bertz CT molecular complexity index is 3550. The second-order valence-corrected chi connectivity index (χ2v) is 15.6. The fourth-order valence-electron chi connectivity index (χ4n) is 9.18. The molecule has 0 atom stereocenters. The van der Waals surface area contributed by atoms with Gasteiger partial charge in [0.15, 0.2) is 17.5 Å². The van der Waals surface area contributed by atoms with Crippen LogP contribution in [0.2, 0.25) is 0 Å². The van der Waals surface area contributed by atoms with E-state index in [1.807, 2.05) is 60.7 Å². The molecule has 0 amide bonds. The van der Waals surface area contributed by atoms with Gasteiger partial charge in [-0.15, -0.1) is 0 Å². The van der Waals surface area contributed by atoms with Crippen molar-refractivity contribution < 1.29 is 0 Å². The molecule has 12 rings (SSSR count). The maximum absolute atomic E-state index is 4.99. The van der Waals surface area contributed by atoms with E-state index in [1.165, 1.54) is 43.7 Å². The highest BCUT2D eigenvalue weighted by Crippen LogP contribution is 2.42. The molecular formula is C57H37N5. The van der Waals surface area contributed by atoms with Crippen molar-refractivity contribution in [3.05, 3.63) is 224 Å². The lowest BCUT2D eigenvalue weighted by molar-refractivity contribution is 1.07. The van der Waals surface area contributed by atoms with Gasteiger partial charge in [0.25, 0.3) is 0 Å². The van der Waals surface area contributed by atoms with Gasteiger partial charge in [0.05, 0.1) is 22.1 Å². The van der Waals surface area contributed by atoms with E-state index in [9.17, 15) is 0 Å². The van der Waals surface area contributed by atoms with Crippen LogP contribution in [0.3, 0.4) is 0 Å². The molecule has 0 unspecified atom stereocenters. The average Bonchev–Trinajstić information content (AvgIpc) is 3.88. The molecule has 0 bridgehead atoms. The quantitative estimate of drug-likeness (QED) is 0.162. The van der Waals surface area contributed by atoms with Crippen LogP contribution in [0.25, 0.3) is 111 Å². The van der Waals surface area contributed by atoms with Gasteiger partial charge in [0, 0.05) is 55.2 Å². The summed E-state index contributed by atoms with van der Waals surface area (Å²) < 4.78 is 4.82. The minimum absolute atomic E-state index is 0.635. The van der Waals surface area contributed by atoms with Crippen LogP contribution in [0.15, 0.2) is 224 Å². The van der Waals surface area contributed by atoms with Crippen LogP contribution >= 0.6 is 0 Å². The second kappa shape index (κ2) is 14.7. The molecule has 9 aromatic carbocycles. The first-order chi connectivity index (χ1) is 30.8. The van der Waals surface area contributed by atoms with E-state index in [1.54, 1.807) is 0 Å². The predicted molar refractivity (Wildman–Crippen MR) is 256 cm³/mol. The zero-order valence-corrected chi connectivity index (χ0v) is 33.6. The Morgan fingerprint density at radius 1 is 0.274 bits per heavy atom. The first-order valence-electron chi connectivity index (χ1n) is 21.0. The second-order valence-electron chi connectivity index (χ2n) is 15.6. The number of hydrogen-bond donors (Lipinski definition) is 0. The molecule has 0 radical (unpaired) electrons. The third kappa shape index (κ3) is 5.90. The Kier molecular flexibility index (Phi) is 8.42. The van der Waals surface area contributed by atoms with Crippen molar-refractivity contribution in [1.82, 2.24) is 24.1 Å². The summed E-state index contributed by atoms with van der Waals surface area (Å²) in [5.41, 5.74) is 14.4. The van der Waals surface area contributed by atoms with Crippen LogP contribution < -0.4 is 0 Å². The van der Waals surface area contributed by atoms with E-state index in [4.69, 9.17) is 15.0 Å². The highest BCUT2D eigenvalue weighted by atomic mass is 15.0. The predicted octanol–water partition coefficient (Wildman–Crippen LogP) is 14.4. The average molecular weight is 792 g/mol. The van der Waals surface area contributed by atoms with Crippen LogP contribution in [0.4, 0.5) is 0 Å². The summed E-state index contributed by atoms with van der Waals surface area (Å²) in [6.07, 6.45) is 0. The van der Waals surface area contributed by atoms with E-state index in [0.29, 0.717) is 17.5 Å². The normalized spacial score (nSPS) is 11.5. The summed E-state index contributed by atoms with van der Waals surface area (Å²) in [7, 11) is 0. The number of benzene rings is 9. The number of rotatable bonds is 7. The molecule has 0 aliphatic heterocycles. The molecule has 0 saturated carbocycles. The molecule has 5 heteroatoms. The molecule has 0 saturated heterocycles. The Balaban J connectivity index is 1.00. The third-order valence-corrected chi connectivity index (χ3v) is 12.0. The van der Waals surface area contributed by atoms with Crippen LogP contribution in [0, 0.1) is 0 Å². The highest BCUT2D eigenvalue weighted by molar-refractivity contribution is 6.16. The molecule has 290 valence electrons. The third-order valence-electron chi connectivity index (χ3n) is 12.0. The SMILES string of the molecule is c1ccc(-c2nc(-c3ccccc3)nc(-c3ccc(-c4cccc5c6ccccc6n(-c6cccc(-c7cccc8c7c7ccccc7n8-c7ccccc7)c6)c45)cc3)n2)cc1. The molecule has 0 N–H and O–H groups in total. The topological polar surface area (TPSA) is 48.5 Å². The summed E-state index contributed by atoms with van der Waals surface area (Å²) in [5.74, 6) is 1.93. The van der Waals surface area contributed by atoms with Gasteiger partial charge in [-0.05, 0) is 59.2 Å². The van der Waals surface area contributed by atoms with Gasteiger partial charge < -0.3 is 9.13 Å². The summed E-state index contributed by atoms with van der Waals surface area (Å²) in [5, 5.41) is 4.90. The largest absolute Gasteiger partial charge is 0.309 e. The van der Waals surface area contributed by atoms with Crippen LogP contribution in [-0.2, 0) is 0 Å². The van der Waals surface area contributed by atoms with Gasteiger partial charge in [-0.2, -0.15) is 0 Å². The smallest absolute Gasteiger partial charge is 0.164 e. The summed E-state index contributed by atoms with van der Waals surface area (Å²) >= 11 is 0. The molecule has 0 aliphatic rings. The molecule has 0 spiro atoms. The van der Waals surface area contributed by atoms with Gasteiger partial charge in [-0.1, -0.05) is 182 Å². The van der Waals surface area contributed by atoms with Crippen LogP contribution in [0.1, 0.15) is 0 Å². The molecular weight excluding hydrogens is 755 g/mol. The Morgan fingerprint density at radius 3 is 1.40 bits per heavy atom. The zero-order chi connectivity index (χ0) is 41.0. The molecule has 12 aromatic rings. The Labute approximate surface area is 358 Å². The molecule has 3 aromatic heterocycles. The molecule has 0 fully saturated rings. The van der Waals surface area contributed by atoms with E-state index in [-0.39, 0.29) is 0 Å². The highest BCUT2D eigenvalue weighted by Gasteiger charge is 2.20. The first kappa shape index (κ1) is 35.5. The number of nitrogens with zero attached hydrogens (tertiary/aromatic N) is 5. The lowest BCUT2D eigenvalue weighted by Crippen LogP contribution is -2.00. The summed E-state index contributed by atoms with van der Waals surface area (Å²) in [6.45, 7) is 0. The zero-order valence-electron chi connectivity index (χ0n) is 33.6. The number of para-hydroxylation sites is 4. The van der Waals surface area contributed by atoms with Crippen molar-refractivity contribution in [3.8, 4) is 67.8 Å². The van der Waals surface area contributed by atoms with Crippen molar-refractivity contribution in [2.75, 3.05) is 0 Å². The fraction of sp³-hybridized carbons (Fsp3) is 0. The van der Waals surface area contributed by atoms with Gasteiger partial charge in [-0.25, -0.2) is 15.0 Å². The molecule has 3 heterocycles. The number of aromatic nitrogens is 5. The van der Waals surface area contributed by atoms with Crippen molar-refractivity contribution in [1.29, 1.82) is 0 Å². The molecule has 5 nitrogen and oxygen atoms in total. The van der Waals surface area contributed by atoms with Crippen LogP contribution in [-0.4, -0.2) is 24.1 Å². The van der Waals surface area contributed by atoms with Crippen LogP contribution in [0.5, 0.6) is 0 Å². The lowest BCUT2D eigenvalue weighted by Gasteiger charge is -2.14. The minimum Gasteiger partial charge on any atom is -0.309 e. The van der Waals surface area contributed by atoms with Gasteiger partial charge >= 0.3 is 0 Å². The van der Waals surface area contributed by atoms with Crippen molar-refractivity contribution in [2.45, 2.75) is 0 Å².